The molecule has 14 heavy (non-hydrogen) atoms. The summed E-state index contributed by atoms with van der Waals surface area (Å²) in [5.74, 6) is 1.34. The van der Waals surface area contributed by atoms with Gasteiger partial charge in [0.25, 0.3) is 0 Å². The normalized spacial score (nSPS) is 61.5. The van der Waals surface area contributed by atoms with E-state index < -0.39 is 12.2 Å². The molecule has 0 radical (unpaired) electrons. The standard InChI is InChI=1S/C11H19NO2/c12-10-6-1-2-7(3-6)11(10)4-8(13)9(14)5-11/h6-10,13-14H,1-5,12H2/t6-,7+,8+,9?,10-,11?/m1/s1. The maximum absolute atomic E-state index is 9.66. The van der Waals surface area contributed by atoms with Gasteiger partial charge in [0, 0.05) is 6.04 Å². The highest BCUT2D eigenvalue weighted by Gasteiger charge is 2.60. The van der Waals surface area contributed by atoms with Crippen molar-refractivity contribution in [2.75, 3.05) is 0 Å². The lowest BCUT2D eigenvalue weighted by Gasteiger charge is -2.39. The van der Waals surface area contributed by atoms with Crippen molar-refractivity contribution in [1.82, 2.24) is 0 Å². The van der Waals surface area contributed by atoms with Gasteiger partial charge < -0.3 is 15.9 Å². The van der Waals surface area contributed by atoms with E-state index in [1.807, 2.05) is 0 Å². The first-order chi connectivity index (χ1) is 6.63. The Bertz CT molecular complexity index is 242. The number of aliphatic hydroxyl groups is 2. The number of rotatable bonds is 0. The molecule has 80 valence electrons. The van der Waals surface area contributed by atoms with Crippen LogP contribution in [0.25, 0.3) is 0 Å². The Hall–Kier alpha value is -0.120. The Morgan fingerprint density at radius 1 is 1.07 bits per heavy atom. The van der Waals surface area contributed by atoms with Crippen LogP contribution in [0.15, 0.2) is 0 Å². The molecule has 0 aromatic rings. The van der Waals surface area contributed by atoms with Crippen LogP contribution in [0.1, 0.15) is 32.1 Å². The van der Waals surface area contributed by atoms with E-state index in [9.17, 15) is 10.2 Å². The molecule has 0 aromatic carbocycles. The van der Waals surface area contributed by atoms with E-state index in [4.69, 9.17) is 5.73 Å². The minimum atomic E-state index is -0.527. The minimum absolute atomic E-state index is 0.0851. The maximum atomic E-state index is 9.66. The molecular weight excluding hydrogens is 178 g/mol. The van der Waals surface area contributed by atoms with Crippen LogP contribution < -0.4 is 5.73 Å². The van der Waals surface area contributed by atoms with E-state index in [0.717, 1.165) is 12.8 Å². The molecule has 0 saturated heterocycles. The molecule has 2 bridgehead atoms. The highest BCUT2D eigenvalue weighted by Crippen LogP contribution is 2.61. The fourth-order valence-corrected chi connectivity index (χ4v) is 4.35. The predicted octanol–water partition coefficient (Wildman–Crippen LogP) is 0.246. The lowest BCUT2D eigenvalue weighted by atomic mass is 9.69. The van der Waals surface area contributed by atoms with Crippen molar-refractivity contribution in [3.05, 3.63) is 0 Å². The summed E-state index contributed by atoms with van der Waals surface area (Å²) in [7, 11) is 0. The SMILES string of the molecule is N[C@@H]1[C@@H]2CC[C@@H](C2)C12CC(O)[C@@H](O)C2. The molecule has 3 aliphatic carbocycles. The van der Waals surface area contributed by atoms with Gasteiger partial charge in [-0.05, 0) is 49.4 Å². The Morgan fingerprint density at radius 3 is 2.21 bits per heavy atom. The lowest BCUT2D eigenvalue weighted by Crippen LogP contribution is -2.45. The zero-order valence-electron chi connectivity index (χ0n) is 8.39. The Labute approximate surface area is 84.3 Å². The van der Waals surface area contributed by atoms with E-state index in [1.54, 1.807) is 0 Å². The van der Waals surface area contributed by atoms with Gasteiger partial charge in [0.1, 0.15) is 0 Å². The van der Waals surface area contributed by atoms with Gasteiger partial charge in [0.05, 0.1) is 12.2 Å². The van der Waals surface area contributed by atoms with Gasteiger partial charge >= 0.3 is 0 Å². The second-order valence-corrected chi connectivity index (χ2v) is 5.57. The van der Waals surface area contributed by atoms with Crippen LogP contribution in [-0.4, -0.2) is 28.5 Å². The van der Waals surface area contributed by atoms with Crippen LogP contribution in [0.4, 0.5) is 0 Å². The number of nitrogens with two attached hydrogens (primary N) is 1. The van der Waals surface area contributed by atoms with E-state index >= 15 is 0 Å². The minimum Gasteiger partial charge on any atom is -0.390 e. The van der Waals surface area contributed by atoms with Crippen LogP contribution >= 0.6 is 0 Å². The first-order valence-corrected chi connectivity index (χ1v) is 5.75. The predicted molar refractivity (Wildman–Crippen MR) is 52.5 cm³/mol. The summed E-state index contributed by atoms with van der Waals surface area (Å²) in [6.45, 7) is 0. The topological polar surface area (TPSA) is 66.5 Å². The number of aliphatic hydroxyl groups excluding tert-OH is 2. The van der Waals surface area contributed by atoms with Gasteiger partial charge in [0.15, 0.2) is 0 Å². The monoisotopic (exact) mass is 197 g/mol. The van der Waals surface area contributed by atoms with Crippen LogP contribution in [0.2, 0.25) is 0 Å². The molecule has 1 spiro atoms. The van der Waals surface area contributed by atoms with Crippen molar-refractivity contribution < 1.29 is 10.2 Å². The van der Waals surface area contributed by atoms with Gasteiger partial charge in [-0.25, -0.2) is 0 Å². The summed E-state index contributed by atoms with van der Waals surface area (Å²) in [4.78, 5) is 0. The van der Waals surface area contributed by atoms with Gasteiger partial charge in [-0.15, -0.1) is 0 Å². The van der Waals surface area contributed by atoms with Gasteiger partial charge in [-0.1, -0.05) is 0 Å². The number of hydrogen-bond donors (Lipinski definition) is 3. The van der Waals surface area contributed by atoms with Crippen molar-refractivity contribution in [2.45, 2.75) is 50.4 Å². The average Bonchev–Trinajstić information content (AvgIpc) is 2.76. The van der Waals surface area contributed by atoms with Crippen molar-refractivity contribution in [1.29, 1.82) is 0 Å². The zero-order chi connectivity index (χ0) is 9.92. The van der Waals surface area contributed by atoms with Crippen molar-refractivity contribution >= 4 is 0 Å². The van der Waals surface area contributed by atoms with Crippen molar-refractivity contribution in [3.63, 3.8) is 0 Å². The van der Waals surface area contributed by atoms with Gasteiger partial charge in [-0.2, -0.15) is 0 Å². The molecular formula is C11H19NO2. The molecule has 4 N–H and O–H groups in total. The van der Waals surface area contributed by atoms with Crippen LogP contribution in [0.5, 0.6) is 0 Å². The van der Waals surface area contributed by atoms with Crippen molar-refractivity contribution in [3.8, 4) is 0 Å². The second-order valence-electron chi connectivity index (χ2n) is 5.57. The molecule has 0 amide bonds. The van der Waals surface area contributed by atoms with E-state index in [-0.39, 0.29) is 11.5 Å². The largest absolute Gasteiger partial charge is 0.390 e. The van der Waals surface area contributed by atoms with Gasteiger partial charge in [0.2, 0.25) is 0 Å². The molecule has 0 heterocycles. The van der Waals surface area contributed by atoms with E-state index in [2.05, 4.69) is 0 Å². The molecule has 6 atom stereocenters. The lowest BCUT2D eigenvalue weighted by molar-refractivity contribution is 0.0438. The molecule has 3 heteroatoms. The summed E-state index contributed by atoms with van der Waals surface area (Å²) >= 11 is 0. The maximum Gasteiger partial charge on any atom is 0.0805 e. The third-order valence-electron chi connectivity index (χ3n) is 5.08. The average molecular weight is 197 g/mol. The molecule has 3 aliphatic rings. The summed E-state index contributed by atoms with van der Waals surface area (Å²) in [6.07, 6.45) is 4.17. The summed E-state index contributed by atoms with van der Waals surface area (Å²) in [6, 6.07) is 0.230. The van der Waals surface area contributed by atoms with Crippen LogP contribution in [0, 0.1) is 17.3 Å². The molecule has 0 aliphatic heterocycles. The Kier molecular flexibility index (Phi) is 1.77. The number of hydrogen-bond acceptors (Lipinski definition) is 3. The van der Waals surface area contributed by atoms with Crippen LogP contribution in [-0.2, 0) is 0 Å². The van der Waals surface area contributed by atoms with E-state index in [0.29, 0.717) is 11.8 Å². The first-order valence-electron chi connectivity index (χ1n) is 5.75. The molecule has 3 saturated carbocycles. The molecule has 3 rings (SSSR count). The zero-order valence-corrected chi connectivity index (χ0v) is 8.39. The second kappa shape index (κ2) is 2.71. The highest BCUT2D eigenvalue weighted by atomic mass is 16.3. The summed E-state index contributed by atoms with van der Waals surface area (Å²) < 4.78 is 0. The Morgan fingerprint density at radius 2 is 1.71 bits per heavy atom. The third-order valence-corrected chi connectivity index (χ3v) is 5.08. The molecule has 2 unspecified atom stereocenters. The summed E-state index contributed by atoms with van der Waals surface area (Å²) in [5.41, 5.74) is 6.35. The quantitative estimate of drug-likeness (QED) is 0.521. The Balaban J connectivity index is 1.91. The summed E-state index contributed by atoms with van der Waals surface area (Å²) in [5, 5.41) is 19.3. The molecule has 0 aromatic heterocycles. The first kappa shape index (κ1) is 9.13. The molecule has 3 nitrogen and oxygen atoms in total. The fourth-order valence-electron chi connectivity index (χ4n) is 4.35. The van der Waals surface area contributed by atoms with Gasteiger partial charge in [-0.3, -0.25) is 0 Å². The van der Waals surface area contributed by atoms with Crippen LogP contribution in [0.3, 0.4) is 0 Å². The molecule has 3 fully saturated rings. The smallest absolute Gasteiger partial charge is 0.0805 e. The fraction of sp³-hybridized carbons (Fsp3) is 1.00. The highest BCUT2D eigenvalue weighted by molar-refractivity contribution is 5.13. The van der Waals surface area contributed by atoms with Crippen molar-refractivity contribution in [2.24, 2.45) is 23.0 Å². The van der Waals surface area contributed by atoms with E-state index in [1.165, 1.54) is 19.3 Å². The number of fused-ring (bicyclic) bond motifs is 3. The third kappa shape index (κ3) is 0.930.